The molecule has 0 radical (unpaired) electrons. The molecule has 1 atom stereocenters. The summed E-state index contributed by atoms with van der Waals surface area (Å²) in [7, 11) is 2.01. The molecule has 1 aliphatic rings. The van der Waals surface area contributed by atoms with E-state index in [1.54, 1.807) is 0 Å². The zero-order valence-electron chi connectivity index (χ0n) is 10.1. The van der Waals surface area contributed by atoms with Crippen LogP contribution in [0, 0.1) is 5.92 Å². The predicted octanol–water partition coefficient (Wildman–Crippen LogP) is 3.07. The minimum Gasteiger partial charge on any atom is -0.351 e. The van der Waals surface area contributed by atoms with Crippen molar-refractivity contribution >= 4 is 5.78 Å². The number of hydrogen-bond donors (Lipinski definition) is 0. The van der Waals surface area contributed by atoms with E-state index >= 15 is 0 Å². The largest absolute Gasteiger partial charge is 0.351 e. The zero-order valence-corrected chi connectivity index (χ0v) is 10.1. The van der Waals surface area contributed by atoms with Crippen LogP contribution in [0.5, 0.6) is 0 Å². The summed E-state index contributed by atoms with van der Waals surface area (Å²) < 4.78 is 2.06. The molecule has 2 nitrogen and oxygen atoms in total. The second kappa shape index (κ2) is 3.59. The van der Waals surface area contributed by atoms with Gasteiger partial charge in [0.2, 0.25) is 0 Å². The number of aromatic nitrogens is 1. The molecule has 0 N–H and O–H groups in total. The van der Waals surface area contributed by atoms with Gasteiger partial charge in [-0.05, 0) is 24.1 Å². The van der Waals surface area contributed by atoms with Crippen LogP contribution in [0.15, 0.2) is 36.5 Å². The van der Waals surface area contributed by atoms with Crippen LogP contribution in [0.2, 0.25) is 0 Å². The van der Waals surface area contributed by atoms with Crippen molar-refractivity contribution in [2.24, 2.45) is 13.0 Å². The minimum absolute atomic E-state index is 0.131. The molecule has 17 heavy (non-hydrogen) atoms. The summed E-state index contributed by atoms with van der Waals surface area (Å²) >= 11 is 0. The first-order chi connectivity index (χ1) is 8.18. The fourth-order valence-electron chi connectivity index (χ4n) is 2.68. The Morgan fingerprint density at radius 1 is 1.24 bits per heavy atom. The van der Waals surface area contributed by atoms with E-state index in [1.807, 2.05) is 38.4 Å². The number of carbonyl (C=O) groups excluding carboxylic acids is 1. The molecule has 2 aromatic rings. The fraction of sp³-hybridized carbons (Fsp3) is 0.267. The van der Waals surface area contributed by atoms with Gasteiger partial charge in [-0.15, -0.1) is 0 Å². The van der Waals surface area contributed by atoms with Gasteiger partial charge in [0.1, 0.15) is 0 Å². The average Bonchev–Trinajstić information content (AvgIpc) is 2.85. The summed E-state index contributed by atoms with van der Waals surface area (Å²) in [6, 6.07) is 10.2. The molecule has 0 aliphatic heterocycles. The highest BCUT2D eigenvalue weighted by Gasteiger charge is 2.29. The Labute approximate surface area is 101 Å². The van der Waals surface area contributed by atoms with Gasteiger partial charge < -0.3 is 4.57 Å². The molecule has 86 valence electrons. The van der Waals surface area contributed by atoms with Gasteiger partial charge in [-0.3, -0.25) is 4.79 Å². The highest BCUT2D eigenvalue weighted by atomic mass is 16.1. The molecule has 0 amide bonds. The topological polar surface area (TPSA) is 22.0 Å². The lowest BCUT2D eigenvalue weighted by Gasteiger charge is -2.08. The number of nitrogens with zero attached hydrogens (tertiary/aromatic N) is 1. The number of Topliss-reactive ketones (excluding diaryl/α,β-unsaturated/α-hetero) is 1. The molecule has 0 saturated heterocycles. The number of hydrogen-bond acceptors (Lipinski definition) is 1. The molecule has 1 aromatic heterocycles. The monoisotopic (exact) mass is 225 g/mol. The molecule has 2 heteroatoms. The molecular weight excluding hydrogens is 210 g/mol. The lowest BCUT2D eigenvalue weighted by Crippen LogP contribution is -2.05. The Balaban J connectivity index is 2.25. The van der Waals surface area contributed by atoms with E-state index in [9.17, 15) is 4.79 Å². The van der Waals surface area contributed by atoms with E-state index in [1.165, 1.54) is 5.56 Å². The molecule has 1 unspecified atom stereocenters. The maximum absolute atomic E-state index is 12.2. The Morgan fingerprint density at radius 2 is 2.06 bits per heavy atom. The third-order valence-electron chi connectivity index (χ3n) is 3.59. The first-order valence-electron chi connectivity index (χ1n) is 5.96. The van der Waals surface area contributed by atoms with E-state index in [4.69, 9.17) is 0 Å². The average molecular weight is 225 g/mol. The second-order valence-corrected chi connectivity index (χ2v) is 4.81. The van der Waals surface area contributed by atoms with Crippen molar-refractivity contribution in [3.05, 3.63) is 47.7 Å². The maximum Gasteiger partial charge on any atom is 0.166 e. The molecule has 0 saturated carbocycles. The smallest absolute Gasteiger partial charge is 0.166 e. The van der Waals surface area contributed by atoms with Crippen molar-refractivity contribution in [1.29, 1.82) is 0 Å². The van der Waals surface area contributed by atoms with E-state index in [-0.39, 0.29) is 11.7 Å². The molecule has 0 spiro atoms. The Kier molecular flexibility index (Phi) is 2.18. The lowest BCUT2D eigenvalue weighted by atomic mass is 10.00. The van der Waals surface area contributed by atoms with E-state index in [0.717, 1.165) is 23.2 Å². The van der Waals surface area contributed by atoms with Crippen molar-refractivity contribution in [1.82, 2.24) is 4.57 Å². The Hall–Kier alpha value is -1.83. The third kappa shape index (κ3) is 1.44. The molecular formula is C15H15NO. The first kappa shape index (κ1) is 10.3. The van der Waals surface area contributed by atoms with Crippen molar-refractivity contribution < 1.29 is 4.79 Å². The predicted molar refractivity (Wildman–Crippen MR) is 68.0 cm³/mol. The van der Waals surface area contributed by atoms with Crippen LogP contribution in [0.3, 0.4) is 0 Å². The number of aryl methyl sites for hydroxylation is 1. The van der Waals surface area contributed by atoms with Crippen LogP contribution in [0.1, 0.15) is 22.8 Å². The number of rotatable bonds is 1. The Morgan fingerprint density at radius 3 is 2.76 bits per heavy atom. The Bertz CT molecular complexity index is 595. The lowest BCUT2D eigenvalue weighted by molar-refractivity contribution is 0.0947. The van der Waals surface area contributed by atoms with Crippen LogP contribution in [0.25, 0.3) is 11.3 Å². The molecule has 1 heterocycles. The SMILES string of the molecule is CC1Cc2cccc(-c3cccn3C)c2C1=O. The number of benzene rings is 1. The van der Waals surface area contributed by atoms with Gasteiger partial charge in [-0.25, -0.2) is 0 Å². The molecule has 1 aromatic carbocycles. The van der Waals surface area contributed by atoms with Gasteiger partial charge in [0.05, 0.1) is 0 Å². The van der Waals surface area contributed by atoms with Crippen LogP contribution in [0.4, 0.5) is 0 Å². The summed E-state index contributed by atoms with van der Waals surface area (Å²) in [6.45, 7) is 2.01. The van der Waals surface area contributed by atoms with Crippen molar-refractivity contribution in [3.63, 3.8) is 0 Å². The van der Waals surface area contributed by atoms with Crippen LogP contribution in [-0.2, 0) is 13.5 Å². The summed E-state index contributed by atoms with van der Waals surface area (Å²) in [5.41, 5.74) is 4.32. The number of carbonyl (C=O) groups is 1. The summed E-state index contributed by atoms with van der Waals surface area (Å²) in [4.78, 5) is 12.2. The van der Waals surface area contributed by atoms with Crippen molar-refractivity contribution in [2.45, 2.75) is 13.3 Å². The van der Waals surface area contributed by atoms with Crippen molar-refractivity contribution in [3.8, 4) is 11.3 Å². The highest BCUT2D eigenvalue weighted by molar-refractivity contribution is 6.07. The van der Waals surface area contributed by atoms with Crippen LogP contribution in [-0.4, -0.2) is 10.4 Å². The minimum atomic E-state index is 0.131. The third-order valence-corrected chi connectivity index (χ3v) is 3.59. The van der Waals surface area contributed by atoms with Gasteiger partial charge in [0.15, 0.2) is 5.78 Å². The van der Waals surface area contributed by atoms with E-state index < -0.39 is 0 Å². The summed E-state index contributed by atoms with van der Waals surface area (Å²) in [5, 5.41) is 0. The quantitative estimate of drug-likeness (QED) is 0.731. The zero-order chi connectivity index (χ0) is 12.0. The van der Waals surface area contributed by atoms with E-state index in [2.05, 4.69) is 16.7 Å². The van der Waals surface area contributed by atoms with Crippen LogP contribution >= 0.6 is 0 Å². The number of fused-ring (bicyclic) bond motifs is 1. The van der Waals surface area contributed by atoms with Gasteiger partial charge in [0, 0.05) is 36.0 Å². The van der Waals surface area contributed by atoms with Gasteiger partial charge in [-0.1, -0.05) is 25.1 Å². The fourth-order valence-corrected chi connectivity index (χ4v) is 2.68. The van der Waals surface area contributed by atoms with Crippen molar-refractivity contribution in [2.75, 3.05) is 0 Å². The highest BCUT2D eigenvalue weighted by Crippen LogP contribution is 2.34. The second-order valence-electron chi connectivity index (χ2n) is 4.81. The molecule has 3 rings (SSSR count). The molecule has 0 fully saturated rings. The van der Waals surface area contributed by atoms with Gasteiger partial charge in [-0.2, -0.15) is 0 Å². The normalized spacial score (nSPS) is 18.5. The summed E-state index contributed by atoms with van der Waals surface area (Å²) in [5.74, 6) is 0.420. The maximum atomic E-state index is 12.2. The van der Waals surface area contributed by atoms with Gasteiger partial charge >= 0.3 is 0 Å². The van der Waals surface area contributed by atoms with Gasteiger partial charge in [0.25, 0.3) is 0 Å². The number of ketones is 1. The first-order valence-corrected chi connectivity index (χ1v) is 5.96. The molecule has 1 aliphatic carbocycles. The standard InChI is InChI=1S/C15H15NO/c1-10-9-11-5-3-6-12(14(11)15(10)17)13-7-4-8-16(13)2/h3-8,10H,9H2,1-2H3. The van der Waals surface area contributed by atoms with Crippen LogP contribution < -0.4 is 0 Å². The molecule has 0 bridgehead atoms. The van der Waals surface area contributed by atoms with E-state index in [0.29, 0.717) is 0 Å². The summed E-state index contributed by atoms with van der Waals surface area (Å²) in [6.07, 6.45) is 2.89.